The molecule has 1 aliphatic rings. The summed E-state index contributed by atoms with van der Waals surface area (Å²) >= 11 is 0. The molecule has 0 aromatic rings. The first-order valence-electron chi connectivity index (χ1n) is 5.10. The van der Waals surface area contributed by atoms with Gasteiger partial charge in [0, 0.05) is 0 Å². The maximum atomic E-state index is 4.15. The Morgan fingerprint density at radius 1 is 1.58 bits per heavy atom. The second-order valence-corrected chi connectivity index (χ2v) is 5.28. The maximum absolute atomic E-state index is 4.15. The van der Waals surface area contributed by atoms with E-state index in [0.29, 0.717) is 5.41 Å². The lowest BCUT2D eigenvalue weighted by Gasteiger charge is -2.13. The third kappa shape index (κ3) is 2.36. The fourth-order valence-electron chi connectivity index (χ4n) is 2.11. The highest BCUT2D eigenvalue weighted by Crippen LogP contribution is 2.56. The van der Waals surface area contributed by atoms with Crippen LogP contribution in [0.15, 0.2) is 12.2 Å². The third-order valence-corrected chi connectivity index (χ3v) is 3.15. The molecule has 0 nitrogen and oxygen atoms in total. The first-order chi connectivity index (χ1) is 5.44. The lowest BCUT2D eigenvalue weighted by molar-refractivity contribution is 0.491. The van der Waals surface area contributed by atoms with Crippen LogP contribution in [0.3, 0.4) is 0 Å². The van der Waals surface area contributed by atoms with Gasteiger partial charge >= 0.3 is 0 Å². The average Bonchev–Trinajstić information content (AvgIpc) is 2.35. The van der Waals surface area contributed by atoms with E-state index in [1.54, 1.807) is 0 Å². The molecule has 70 valence electrons. The van der Waals surface area contributed by atoms with Crippen LogP contribution < -0.4 is 0 Å². The molecule has 1 fully saturated rings. The summed E-state index contributed by atoms with van der Waals surface area (Å²) in [5, 5.41) is 0. The van der Waals surface area contributed by atoms with E-state index < -0.39 is 0 Å². The summed E-state index contributed by atoms with van der Waals surface area (Å²) in [5.74, 6) is 1.71. The van der Waals surface area contributed by atoms with Crippen molar-refractivity contribution in [2.24, 2.45) is 17.3 Å². The van der Waals surface area contributed by atoms with Gasteiger partial charge in [0.15, 0.2) is 0 Å². The molecule has 0 heterocycles. The van der Waals surface area contributed by atoms with Gasteiger partial charge in [0.1, 0.15) is 0 Å². The molecule has 0 spiro atoms. The molecule has 12 heavy (non-hydrogen) atoms. The average molecular weight is 166 g/mol. The second-order valence-electron chi connectivity index (χ2n) is 5.28. The molecule has 2 unspecified atom stereocenters. The molecule has 0 saturated heterocycles. The molecule has 1 rings (SSSR count). The van der Waals surface area contributed by atoms with E-state index in [2.05, 4.69) is 34.3 Å². The smallest absolute Gasteiger partial charge is 0.0260 e. The van der Waals surface area contributed by atoms with Crippen LogP contribution in [0.5, 0.6) is 0 Å². The van der Waals surface area contributed by atoms with Crippen molar-refractivity contribution in [1.29, 1.82) is 0 Å². The molecule has 1 aliphatic carbocycles. The highest BCUT2D eigenvalue weighted by Gasteiger charge is 2.46. The molecule has 1 saturated carbocycles. The second kappa shape index (κ2) is 3.24. The molecule has 0 bridgehead atoms. The summed E-state index contributed by atoms with van der Waals surface area (Å²) in [6.45, 7) is 13.4. The van der Waals surface area contributed by atoms with Crippen molar-refractivity contribution in [2.75, 3.05) is 0 Å². The van der Waals surface area contributed by atoms with Gasteiger partial charge in [0.25, 0.3) is 0 Å². The normalized spacial score (nSPS) is 33.9. The van der Waals surface area contributed by atoms with Gasteiger partial charge < -0.3 is 0 Å². The van der Waals surface area contributed by atoms with E-state index in [1.807, 2.05) is 0 Å². The highest BCUT2D eigenvalue weighted by atomic mass is 14.5. The zero-order valence-corrected chi connectivity index (χ0v) is 8.98. The summed E-state index contributed by atoms with van der Waals surface area (Å²) in [6.07, 6.45) is 3.87. The molecule has 0 heteroatoms. The lowest BCUT2D eigenvalue weighted by atomic mass is 9.92. The van der Waals surface area contributed by atoms with E-state index in [4.69, 9.17) is 0 Å². The largest absolute Gasteiger partial charge is 0.0998 e. The SMILES string of the molecule is C=C(CC(C)C)CC1(C)CC1C. The van der Waals surface area contributed by atoms with Gasteiger partial charge in [-0.3, -0.25) is 0 Å². The Bertz CT molecular complexity index is 178. The Balaban J connectivity index is 2.28. The zero-order valence-electron chi connectivity index (χ0n) is 8.98. The molecule has 0 aromatic heterocycles. The molecule has 0 aliphatic heterocycles. The first kappa shape index (κ1) is 9.83. The summed E-state index contributed by atoms with van der Waals surface area (Å²) in [6, 6.07) is 0. The van der Waals surface area contributed by atoms with Gasteiger partial charge in [-0.1, -0.05) is 39.8 Å². The quantitative estimate of drug-likeness (QED) is 0.553. The van der Waals surface area contributed by atoms with Crippen molar-refractivity contribution in [3.05, 3.63) is 12.2 Å². The van der Waals surface area contributed by atoms with Crippen LogP contribution in [0, 0.1) is 17.3 Å². The van der Waals surface area contributed by atoms with Crippen molar-refractivity contribution < 1.29 is 0 Å². The van der Waals surface area contributed by atoms with E-state index in [1.165, 1.54) is 24.8 Å². The van der Waals surface area contributed by atoms with Crippen molar-refractivity contribution >= 4 is 0 Å². The number of hydrogen-bond donors (Lipinski definition) is 0. The fourth-order valence-corrected chi connectivity index (χ4v) is 2.11. The summed E-state index contributed by atoms with van der Waals surface area (Å²) in [4.78, 5) is 0. The molecular formula is C12H22. The van der Waals surface area contributed by atoms with E-state index in [-0.39, 0.29) is 0 Å². The van der Waals surface area contributed by atoms with E-state index in [0.717, 1.165) is 11.8 Å². The summed E-state index contributed by atoms with van der Waals surface area (Å²) < 4.78 is 0. The predicted octanol–water partition coefficient (Wildman–Crippen LogP) is 4.02. The number of hydrogen-bond acceptors (Lipinski definition) is 0. The Morgan fingerprint density at radius 2 is 2.08 bits per heavy atom. The highest BCUT2D eigenvalue weighted by molar-refractivity contribution is 5.08. The third-order valence-electron chi connectivity index (χ3n) is 3.15. The molecule has 2 atom stereocenters. The first-order valence-corrected chi connectivity index (χ1v) is 5.10. The van der Waals surface area contributed by atoms with Crippen LogP contribution in [-0.4, -0.2) is 0 Å². The lowest BCUT2D eigenvalue weighted by Crippen LogP contribution is -2.00. The van der Waals surface area contributed by atoms with Gasteiger partial charge in [0.2, 0.25) is 0 Å². The summed E-state index contributed by atoms with van der Waals surface area (Å²) in [5.41, 5.74) is 2.07. The molecular weight excluding hydrogens is 144 g/mol. The van der Waals surface area contributed by atoms with Gasteiger partial charge in [-0.05, 0) is 36.5 Å². The van der Waals surface area contributed by atoms with Crippen LogP contribution in [0.25, 0.3) is 0 Å². The maximum Gasteiger partial charge on any atom is -0.0260 e. The minimum absolute atomic E-state index is 0.617. The number of rotatable bonds is 4. The van der Waals surface area contributed by atoms with Gasteiger partial charge in [-0.25, -0.2) is 0 Å². The molecule has 0 amide bonds. The van der Waals surface area contributed by atoms with Crippen LogP contribution in [-0.2, 0) is 0 Å². The Hall–Kier alpha value is -0.260. The summed E-state index contributed by atoms with van der Waals surface area (Å²) in [7, 11) is 0. The Morgan fingerprint density at radius 3 is 2.42 bits per heavy atom. The van der Waals surface area contributed by atoms with Crippen LogP contribution in [0.1, 0.15) is 47.0 Å². The fraction of sp³-hybridized carbons (Fsp3) is 0.833. The van der Waals surface area contributed by atoms with Crippen molar-refractivity contribution in [1.82, 2.24) is 0 Å². The molecule has 0 radical (unpaired) electrons. The number of allylic oxidation sites excluding steroid dienone is 1. The van der Waals surface area contributed by atoms with E-state index >= 15 is 0 Å². The van der Waals surface area contributed by atoms with Gasteiger partial charge in [0.05, 0.1) is 0 Å². The van der Waals surface area contributed by atoms with Crippen LogP contribution in [0.2, 0.25) is 0 Å². The molecule has 0 aromatic carbocycles. The predicted molar refractivity (Wildman–Crippen MR) is 55.1 cm³/mol. The van der Waals surface area contributed by atoms with E-state index in [9.17, 15) is 0 Å². The Labute approximate surface area is 77.1 Å². The zero-order chi connectivity index (χ0) is 9.35. The van der Waals surface area contributed by atoms with Crippen LogP contribution >= 0.6 is 0 Å². The van der Waals surface area contributed by atoms with Crippen molar-refractivity contribution in [3.8, 4) is 0 Å². The Kier molecular flexibility index (Phi) is 2.65. The van der Waals surface area contributed by atoms with Crippen molar-refractivity contribution in [2.45, 2.75) is 47.0 Å². The van der Waals surface area contributed by atoms with Crippen molar-refractivity contribution in [3.63, 3.8) is 0 Å². The van der Waals surface area contributed by atoms with Gasteiger partial charge in [-0.15, -0.1) is 0 Å². The van der Waals surface area contributed by atoms with Crippen LogP contribution in [0.4, 0.5) is 0 Å². The standard InChI is InChI=1S/C12H22/c1-9(2)6-10(3)7-12(5)8-11(12)4/h9,11H,3,6-8H2,1-2,4-5H3. The monoisotopic (exact) mass is 166 g/mol. The molecule has 0 N–H and O–H groups in total. The minimum Gasteiger partial charge on any atom is -0.0998 e. The topological polar surface area (TPSA) is 0 Å². The minimum atomic E-state index is 0.617. The van der Waals surface area contributed by atoms with Gasteiger partial charge in [-0.2, -0.15) is 0 Å².